The second kappa shape index (κ2) is 7.00. The zero-order valence-corrected chi connectivity index (χ0v) is 13.8. The molecule has 2 aromatic rings. The van der Waals surface area contributed by atoms with Gasteiger partial charge in [-0.25, -0.2) is 0 Å². The molecule has 0 amide bonds. The standard InChI is InChI=1S/C16H17BrClNO/c1-3-20-15-10-5-4-7-12(15)11(2)19-14-9-6-8-13(18)16(14)17/h4-11,19H,3H2,1-2H3. The third kappa shape index (κ3) is 3.47. The lowest BCUT2D eigenvalue weighted by molar-refractivity contribution is 0.335. The molecule has 106 valence electrons. The Morgan fingerprint density at radius 3 is 2.70 bits per heavy atom. The molecular formula is C16H17BrClNO. The van der Waals surface area contributed by atoms with Crippen molar-refractivity contribution in [1.29, 1.82) is 0 Å². The van der Waals surface area contributed by atoms with Crippen LogP contribution in [-0.4, -0.2) is 6.61 Å². The predicted octanol–water partition coefficient (Wildman–Crippen LogP) is 5.67. The van der Waals surface area contributed by atoms with Gasteiger partial charge >= 0.3 is 0 Å². The second-order valence-corrected chi connectivity index (χ2v) is 5.64. The van der Waals surface area contributed by atoms with Crippen LogP contribution in [0.3, 0.4) is 0 Å². The fraction of sp³-hybridized carbons (Fsp3) is 0.250. The summed E-state index contributed by atoms with van der Waals surface area (Å²) in [7, 11) is 0. The average molecular weight is 355 g/mol. The van der Waals surface area contributed by atoms with Crippen molar-refractivity contribution in [3.63, 3.8) is 0 Å². The SMILES string of the molecule is CCOc1ccccc1C(C)Nc1cccc(Cl)c1Br. The first kappa shape index (κ1) is 15.2. The van der Waals surface area contributed by atoms with Crippen molar-refractivity contribution in [1.82, 2.24) is 0 Å². The van der Waals surface area contributed by atoms with Crippen molar-refractivity contribution in [2.45, 2.75) is 19.9 Å². The first-order chi connectivity index (χ1) is 9.63. The van der Waals surface area contributed by atoms with Gasteiger partial charge in [0.15, 0.2) is 0 Å². The Labute approximate surface area is 133 Å². The quantitative estimate of drug-likeness (QED) is 0.746. The number of benzene rings is 2. The van der Waals surface area contributed by atoms with E-state index in [1.54, 1.807) is 0 Å². The zero-order chi connectivity index (χ0) is 14.5. The van der Waals surface area contributed by atoms with Crippen LogP contribution in [0.2, 0.25) is 5.02 Å². The van der Waals surface area contributed by atoms with E-state index in [0.717, 1.165) is 21.5 Å². The highest BCUT2D eigenvalue weighted by Crippen LogP contribution is 2.34. The maximum absolute atomic E-state index is 6.11. The summed E-state index contributed by atoms with van der Waals surface area (Å²) in [4.78, 5) is 0. The fourth-order valence-corrected chi connectivity index (χ4v) is 2.60. The Kier molecular flexibility index (Phi) is 5.32. The van der Waals surface area contributed by atoms with E-state index in [1.807, 2.05) is 43.3 Å². The second-order valence-electron chi connectivity index (χ2n) is 4.44. The summed E-state index contributed by atoms with van der Waals surface area (Å²) in [6.07, 6.45) is 0. The summed E-state index contributed by atoms with van der Waals surface area (Å²) in [6, 6.07) is 14.0. The number of hydrogen-bond donors (Lipinski definition) is 1. The predicted molar refractivity (Wildman–Crippen MR) is 88.8 cm³/mol. The minimum Gasteiger partial charge on any atom is -0.494 e. The van der Waals surface area contributed by atoms with E-state index in [0.29, 0.717) is 11.6 Å². The molecule has 4 heteroatoms. The summed E-state index contributed by atoms with van der Waals surface area (Å²) < 4.78 is 6.55. The molecule has 1 unspecified atom stereocenters. The molecule has 1 atom stereocenters. The normalized spacial score (nSPS) is 12.0. The Hall–Kier alpha value is -1.19. The van der Waals surface area contributed by atoms with Gasteiger partial charge in [-0.2, -0.15) is 0 Å². The maximum atomic E-state index is 6.11. The number of halogens is 2. The highest BCUT2D eigenvalue weighted by molar-refractivity contribution is 9.10. The molecule has 0 fully saturated rings. The molecule has 0 radical (unpaired) electrons. The first-order valence-corrected chi connectivity index (χ1v) is 7.72. The molecule has 0 aliphatic carbocycles. The van der Waals surface area contributed by atoms with Crippen molar-refractivity contribution >= 4 is 33.2 Å². The smallest absolute Gasteiger partial charge is 0.124 e. The number of anilines is 1. The van der Waals surface area contributed by atoms with Gasteiger partial charge < -0.3 is 10.1 Å². The molecule has 0 bridgehead atoms. The number of nitrogens with one attached hydrogen (secondary N) is 1. The van der Waals surface area contributed by atoms with Gasteiger partial charge in [0, 0.05) is 5.56 Å². The average Bonchev–Trinajstić information content (AvgIpc) is 2.45. The fourth-order valence-electron chi connectivity index (χ4n) is 2.05. The van der Waals surface area contributed by atoms with Crippen LogP contribution in [0.4, 0.5) is 5.69 Å². The molecule has 0 aromatic heterocycles. The number of ether oxygens (including phenoxy) is 1. The molecule has 2 rings (SSSR count). The molecule has 0 saturated carbocycles. The van der Waals surface area contributed by atoms with Crippen molar-refractivity contribution < 1.29 is 4.74 Å². The zero-order valence-electron chi connectivity index (χ0n) is 11.5. The molecule has 20 heavy (non-hydrogen) atoms. The molecule has 0 aliphatic rings. The first-order valence-electron chi connectivity index (χ1n) is 6.55. The number of hydrogen-bond acceptors (Lipinski definition) is 2. The van der Waals surface area contributed by atoms with Gasteiger partial charge in [0.05, 0.1) is 27.8 Å². The van der Waals surface area contributed by atoms with E-state index in [-0.39, 0.29) is 6.04 Å². The van der Waals surface area contributed by atoms with Crippen LogP contribution >= 0.6 is 27.5 Å². The van der Waals surface area contributed by atoms with E-state index in [1.165, 1.54) is 0 Å². The minimum absolute atomic E-state index is 0.118. The number of para-hydroxylation sites is 1. The Morgan fingerprint density at radius 2 is 1.95 bits per heavy atom. The number of rotatable bonds is 5. The maximum Gasteiger partial charge on any atom is 0.124 e. The van der Waals surface area contributed by atoms with Gasteiger partial charge in [-0.05, 0) is 48.0 Å². The molecule has 2 nitrogen and oxygen atoms in total. The van der Waals surface area contributed by atoms with Crippen LogP contribution in [0.25, 0.3) is 0 Å². The molecule has 1 N–H and O–H groups in total. The topological polar surface area (TPSA) is 21.3 Å². The van der Waals surface area contributed by atoms with Gasteiger partial charge in [-0.3, -0.25) is 0 Å². The highest BCUT2D eigenvalue weighted by Gasteiger charge is 2.13. The lowest BCUT2D eigenvalue weighted by Gasteiger charge is -2.20. The summed E-state index contributed by atoms with van der Waals surface area (Å²) in [6.45, 7) is 4.75. The third-order valence-electron chi connectivity index (χ3n) is 3.01. The largest absolute Gasteiger partial charge is 0.494 e. The molecule has 0 spiro atoms. The van der Waals surface area contributed by atoms with E-state index in [4.69, 9.17) is 16.3 Å². The van der Waals surface area contributed by atoms with Crippen molar-refractivity contribution in [3.05, 3.63) is 57.5 Å². The van der Waals surface area contributed by atoms with Crippen LogP contribution in [0.15, 0.2) is 46.9 Å². The van der Waals surface area contributed by atoms with Crippen molar-refractivity contribution in [3.8, 4) is 5.75 Å². The van der Waals surface area contributed by atoms with E-state index < -0.39 is 0 Å². The molecule has 0 saturated heterocycles. The lowest BCUT2D eigenvalue weighted by Crippen LogP contribution is -2.09. The van der Waals surface area contributed by atoms with Crippen LogP contribution in [0, 0.1) is 0 Å². The van der Waals surface area contributed by atoms with Gasteiger partial charge in [0.1, 0.15) is 5.75 Å². The Morgan fingerprint density at radius 1 is 1.20 bits per heavy atom. The summed E-state index contributed by atoms with van der Waals surface area (Å²) in [5.74, 6) is 0.910. The Bertz CT molecular complexity index is 588. The summed E-state index contributed by atoms with van der Waals surface area (Å²) in [5, 5.41) is 4.15. The van der Waals surface area contributed by atoms with E-state index >= 15 is 0 Å². The summed E-state index contributed by atoms with van der Waals surface area (Å²) >= 11 is 9.62. The molecule has 0 heterocycles. The van der Waals surface area contributed by atoms with Crippen LogP contribution in [0.1, 0.15) is 25.5 Å². The van der Waals surface area contributed by atoms with Gasteiger partial charge in [0.25, 0.3) is 0 Å². The van der Waals surface area contributed by atoms with Gasteiger partial charge in [-0.1, -0.05) is 35.9 Å². The lowest BCUT2D eigenvalue weighted by atomic mass is 10.1. The van der Waals surface area contributed by atoms with Crippen molar-refractivity contribution in [2.24, 2.45) is 0 Å². The van der Waals surface area contributed by atoms with Crippen LogP contribution in [0.5, 0.6) is 5.75 Å². The van der Waals surface area contributed by atoms with Crippen LogP contribution in [-0.2, 0) is 0 Å². The monoisotopic (exact) mass is 353 g/mol. The van der Waals surface area contributed by atoms with Gasteiger partial charge in [-0.15, -0.1) is 0 Å². The minimum atomic E-state index is 0.118. The molecule has 0 aliphatic heterocycles. The van der Waals surface area contributed by atoms with Crippen LogP contribution < -0.4 is 10.1 Å². The van der Waals surface area contributed by atoms with E-state index in [2.05, 4.69) is 34.2 Å². The van der Waals surface area contributed by atoms with E-state index in [9.17, 15) is 0 Å². The van der Waals surface area contributed by atoms with Gasteiger partial charge in [0.2, 0.25) is 0 Å². The molecular weight excluding hydrogens is 338 g/mol. The molecule has 2 aromatic carbocycles. The Balaban J connectivity index is 2.24. The van der Waals surface area contributed by atoms with Crippen molar-refractivity contribution in [2.75, 3.05) is 11.9 Å². The summed E-state index contributed by atoms with van der Waals surface area (Å²) in [5.41, 5.74) is 2.09. The highest BCUT2D eigenvalue weighted by atomic mass is 79.9. The third-order valence-corrected chi connectivity index (χ3v) is 4.41.